The number of methoxy groups -OCH3 is 1. The molecule has 0 saturated carbocycles. The van der Waals surface area contributed by atoms with E-state index >= 15 is 0 Å². The number of rotatable bonds is 6. The monoisotopic (exact) mass is 341 g/mol. The highest BCUT2D eigenvalue weighted by Gasteiger charge is 2.19. The summed E-state index contributed by atoms with van der Waals surface area (Å²) in [4.78, 5) is 12.5. The molecule has 2 rings (SSSR count). The van der Waals surface area contributed by atoms with E-state index in [0.717, 1.165) is 0 Å². The van der Waals surface area contributed by atoms with Crippen molar-refractivity contribution in [1.82, 2.24) is 0 Å². The second kappa shape index (κ2) is 8.06. The lowest BCUT2D eigenvalue weighted by atomic mass is 9.87. The van der Waals surface area contributed by atoms with Crippen molar-refractivity contribution in [2.75, 3.05) is 12.4 Å². The van der Waals surface area contributed by atoms with Crippen LogP contribution in [0.25, 0.3) is 0 Å². The molecule has 0 fully saturated rings. The zero-order valence-corrected chi connectivity index (χ0v) is 15.6. The number of nitrogens with one attached hydrogen (secondary N) is 1. The maximum absolute atomic E-state index is 12.5. The molecular weight excluding hydrogens is 314 g/mol. The van der Waals surface area contributed by atoms with Crippen LogP contribution >= 0.6 is 0 Å². The van der Waals surface area contributed by atoms with Crippen LogP contribution in [0.2, 0.25) is 0 Å². The zero-order valence-electron chi connectivity index (χ0n) is 15.6. The summed E-state index contributed by atoms with van der Waals surface area (Å²) in [6.07, 6.45) is 0.0308. The minimum Gasteiger partial charge on any atom is -0.497 e. The Balaban J connectivity index is 2.04. The third-order valence-corrected chi connectivity index (χ3v) is 4.00. The summed E-state index contributed by atoms with van der Waals surface area (Å²) in [6.45, 7) is 8.43. The fourth-order valence-electron chi connectivity index (χ4n) is 2.44. The van der Waals surface area contributed by atoms with Crippen molar-refractivity contribution in [3.8, 4) is 11.5 Å². The van der Waals surface area contributed by atoms with E-state index in [1.165, 1.54) is 5.56 Å². The van der Waals surface area contributed by atoms with Gasteiger partial charge in [0.1, 0.15) is 11.5 Å². The lowest BCUT2D eigenvalue weighted by Crippen LogP contribution is -2.32. The average Bonchev–Trinajstić information content (AvgIpc) is 2.59. The highest BCUT2D eigenvalue weighted by atomic mass is 16.5. The van der Waals surface area contributed by atoms with Crippen LogP contribution in [0.5, 0.6) is 11.5 Å². The summed E-state index contributed by atoms with van der Waals surface area (Å²) < 4.78 is 11.1. The van der Waals surface area contributed by atoms with Gasteiger partial charge in [-0.3, -0.25) is 4.79 Å². The lowest BCUT2D eigenvalue weighted by molar-refractivity contribution is -0.122. The molecule has 0 aliphatic carbocycles. The van der Waals surface area contributed by atoms with Crippen LogP contribution in [0.4, 0.5) is 5.69 Å². The van der Waals surface area contributed by atoms with Gasteiger partial charge in [-0.15, -0.1) is 0 Å². The van der Waals surface area contributed by atoms with Gasteiger partial charge in [-0.2, -0.15) is 0 Å². The van der Waals surface area contributed by atoms with Gasteiger partial charge in [-0.1, -0.05) is 45.9 Å². The van der Waals surface area contributed by atoms with E-state index in [1.807, 2.05) is 49.4 Å². The van der Waals surface area contributed by atoms with Crippen LogP contribution in [-0.2, 0) is 10.2 Å². The summed E-state index contributed by atoms with van der Waals surface area (Å²) in [5.74, 6) is 1.22. The van der Waals surface area contributed by atoms with E-state index in [-0.39, 0.29) is 11.3 Å². The van der Waals surface area contributed by atoms with Crippen molar-refractivity contribution in [3.63, 3.8) is 0 Å². The molecule has 1 amide bonds. The normalized spacial score (nSPS) is 12.4. The Hall–Kier alpha value is -2.49. The van der Waals surface area contributed by atoms with Gasteiger partial charge in [0.05, 0.1) is 7.11 Å². The van der Waals surface area contributed by atoms with Crippen LogP contribution < -0.4 is 14.8 Å². The molecular formula is C21H27NO3. The number of hydrogen-bond acceptors (Lipinski definition) is 3. The summed E-state index contributed by atoms with van der Waals surface area (Å²) in [5, 5.41) is 2.88. The molecule has 1 N–H and O–H groups in total. The predicted octanol–water partition coefficient (Wildman–Crippen LogP) is 4.79. The van der Waals surface area contributed by atoms with Crippen LogP contribution in [0, 0.1) is 0 Å². The van der Waals surface area contributed by atoms with E-state index in [0.29, 0.717) is 23.6 Å². The van der Waals surface area contributed by atoms with E-state index in [9.17, 15) is 4.79 Å². The number of amides is 1. The van der Waals surface area contributed by atoms with Crippen LogP contribution in [0.3, 0.4) is 0 Å². The summed E-state index contributed by atoms with van der Waals surface area (Å²) >= 11 is 0. The largest absolute Gasteiger partial charge is 0.497 e. The highest BCUT2D eigenvalue weighted by Crippen LogP contribution is 2.25. The van der Waals surface area contributed by atoms with Crippen molar-refractivity contribution < 1.29 is 14.3 Å². The average molecular weight is 341 g/mol. The topological polar surface area (TPSA) is 47.6 Å². The minimum atomic E-state index is -0.549. The van der Waals surface area contributed by atoms with E-state index < -0.39 is 6.10 Å². The molecule has 0 aliphatic rings. The second-order valence-electron chi connectivity index (χ2n) is 7.01. The van der Waals surface area contributed by atoms with Crippen molar-refractivity contribution in [2.45, 2.75) is 45.6 Å². The molecule has 4 nitrogen and oxygen atoms in total. The second-order valence-corrected chi connectivity index (χ2v) is 7.01. The molecule has 0 heterocycles. The fraction of sp³-hybridized carbons (Fsp3) is 0.381. The van der Waals surface area contributed by atoms with E-state index in [2.05, 4.69) is 26.1 Å². The Kier molecular flexibility index (Phi) is 6.07. The summed E-state index contributed by atoms with van der Waals surface area (Å²) in [6, 6.07) is 15.2. The molecule has 0 radical (unpaired) electrons. The number of ether oxygens (including phenoxy) is 2. The first-order chi connectivity index (χ1) is 11.8. The standard InChI is InChI=1S/C21H27NO3/c1-6-19(20(23)22-16-8-7-9-18(14-16)24-5)25-17-12-10-15(11-13-17)21(2,3)4/h7-14,19H,6H2,1-5H3,(H,22,23). The number of anilines is 1. The third kappa shape index (κ3) is 5.24. The van der Waals surface area contributed by atoms with Gasteiger partial charge in [0, 0.05) is 11.8 Å². The van der Waals surface area contributed by atoms with Gasteiger partial charge in [-0.25, -0.2) is 0 Å². The molecule has 0 aliphatic heterocycles. The zero-order chi connectivity index (χ0) is 18.4. The number of carbonyl (C=O) groups excluding carboxylic acids is 1. The Morgan fingerprint density at radius 1 is 1.08 bits per heavy atom. The maximum Gasteiger partial charge on any atom is 0.265 e. The SMILES string of the molecule is CCC(Oc1ccc(C(C)(C)C)cc1)C(=O)Nc1cccc(OC)c1. The van der Waals surface area contributed by atoms with Crippen LogP contribution in [-0.4, -0.2) is 19.1 Å². The molecule has 1 atom stereocenters. The van der Waals surface area contributed by atoms with Crippen LogP contribution in [0.15, 0.2) is 48.5 Å². The molecule has 0 spiro atoms. The first-order valence-electron chi connectivity index (χ1n) is 8.55. The summed E-state index contributed by atoms with van der Waals surface area (Å²) in [7, 11) is 1.60. The number of benzene rings is 2. The lowest BCUT2D eigenvalue weighted by Gasteiger charge is -2.21. The van der Waals surface area contributed by atoms with E-state index in [4.69, 9.17) is 9.47 Å². The molecule has 1 unspecified atom stereocenters. The molecule has 0 saturated heterocycles. The molecule has 134 valence electrons. The predicted molar refractivity (Wildman–Crippen MR) is 101 cm³/mol. The first kappa shape index (κ1) is 18.8. The van der Waals surface area contributed by atoms with E-state index in [1.54, 1.807) is 13.2 Å². The Morgan fingerprint density at radius 3 is 2.32 bits per heavy atom. The summed E-state index contributed by atoms with van der Waals surface area (Å²) in [5.41, 5.74) is 2.01. The van der Waals surface area contributed by atoms with Gasteiger partial charge < -0.3 is 14.8 Å². The highest BCUT2D eigenvalue weighted by molar-refractivity contribution is 5.94. The fourth-order valence-corrected chi connectivity index (χ4v) is 2.44. The van der Waals surface area contributed by atoms with Gasteiger partial charge in [-0.05, 0) is 41.7 Å². The van der Waals surface area contributed by atoms with Crippen molar-refractivity contribution in [3.05, 3.63) is 54.1 Å². The Bertz CT molecular complexity index is 702. The molecule has 2 aromatic carbocycles. The Morgan fingerprint density at radius 2 is 1.76 bits per heavy atom. The molecule has 25 heavy (non-hydrogen) atoms. The quantitative estimate of drug-likeness (QED) is 0.822. The molecule has 0 aromatic heterocycles. The van der Waals surface area contributed by atoms with Crippen molar-refractivity contribution in [2.24, 2.45) is 0 Å². The van der Waals surface area contributed by atoms with Gasteiger partial charge in [0.15, 0.2) is 6.10 Å². The van der Waals surface area contributed by atoms with Crippen molar-refractivity contribution >= 4 is 11.6 Å². The third-order valence-electron chi connectivity index (χ3n) is 4.00. The minimum absolute atomic E-state index is 0.0897. The Labute approximate surface area is 150 Å². The number of carbonyl (C=O) groups is 1. The number of hydrogen-bond donors (Lipinski definition) is 1. The smallest absolute Gasteiger partial charge is 0.265 e. The molecule has 0 bridgehead atoms. The first-order valence-corrected chi connectivity index (χ1v) is 8.55. The van der Waals surface area contributed by atoms with Crippen LogP contribution in [0.1, 0.15) is 39.7 Å². The molecule has 2 aromatic rings. The van der Waals surface area contributed by atoms with Gasteiger partial charge in [0.2, 0.25) is 0 Å². The van der Waals surface area contributed by atoms with Gasteiger partial charge >= 0.3 is 0 Å². The van der Waals surface area contributed by atoms with Gasteiger partial charge in [0.25, 0.3) is 5.91 Å². The van der Waals surface area contributed by atoms with Crippen molar-refractivity contribution in [1.29, 1.82) is 0 Å². The maximum atomic E-state index is 12.5. The molecule has 4 heteroatoms.